The van der Waals surface area contributed by atoms with Crippen LogP contribution in [0.3, 0.4) is 0 Å². The molecule has 0 radical (unpaired) electrons. The van der Waals surface area contributed by atoms with Crippen LogP contribution in [0.5, 0.6) is 0 Å². The van der Waals surface area contributed by atoms with E-state index in [9.17, 15) is 0 Å². The second kappa shape index (κ2) is 3.01. The van der Waals surface area contributed by atoms with E-state index in [2.05, 4.69) is 21.8 Å². The van der Waals surface area contributed by atoms with E-state index in [0.29, 0.717) is 0 Å². The SMILES string of the molecule is CC1CNc2nc3c(n2C1)CCCC3. The van der Waals surface area contributed by atoms with Crippen molar-refractivity contribution in [3.05, 3.63) is 11.4 Å². The monoisotopic (exact) mass is 191 g/mol. The Morgan fingerprint density at radius 1 is 1.36 bits per heavy atom. The predicted octanol–water partition coefficient (Wildman–Crippen LogP) is 1.82. The zero-order valence-corrected chi connectivity index (χ0v) is 8.71. The lowest BCUT2D eigenvalue weighted by Gasteiger charge is -2.24. The molecule has 0 bridgehead atoms. The molecule has 3 rings (SSSR count). The number of aryl methyl sites for hydroxylation is 1. The second-order valence-corrected chi connectivity index (χ2v) is 4.63. The molecular weight excluding hydrogens is 174 g/mol. The minimum atomic E-state index is 0.739. The number of nitrogens with zero attached hydrogens (tertiary/aromatic N) is 2. The van der Waals surface area contributed by atoms with Gasteiger partial charge in [-0.1, -0.05) is 6.92 Å². The first-order valence-corrected chi connectivity index (χ1v) is 5.67. The van der Waals surface area contributed by atoms with Crippen LogP contribution in [0.4, 0.5) is 5.95 Å². The highest BCUT2D eigenvalue weighted by Gasteiger charge is 2.23. The number of fused-ring (bicyclic) bond motifs is 3. The van der Waals surface area contributed by atoms with Crippen LogP contribution in [-0.2, 0) is 19.4 Å². The first-order chi connectivity index (χ1) is 6.84. The van der Waals surface area contributed by atoms with E-state index in [1.807, 2.05) is 0 Å². The maximum absolute atomic E-state index is 4.68. The van der Waals surface area contributed by atoms with Crippen LogP contribution < -0.4 is 5.32 Å². The van der Waals surface area contributed by atoms with Gasteiger partial charge in [0.25, 0.3) is 0 Å². The molecule has 2 heterocycles. The summed E-state index contributed by atoms with van der Waals surface area (Å²) in [5, 5.41) is 3.42. The van der Waals surface area contributed by atoms with Gasteiger partial charge in [0.1, 0.15) is 0 Å². The average molecular weight is 191 g/mol. The molecule has 1 aromatic rings. The van der Waals surface area contributed by atoms with Crippen molar-refractivity contribution in [2.45, 2.75) is 39.2 Å². The van der Waals surface area contributed by atoms with E-state index < -0.39 is 0 Å². The fourth-order valence-corrected chi connectivity index (χ4v) is 2.57. The van der Waals surface area contributed by atoms with Gasteiger partial charge in [-0.2, -0.15) is 0 Å². The Kier molecular flexibility index (Phi) is 1.79. The van der Waals surface area contributed by atoms with Gasteiger partial charge >= 0.3 is 0 Å². The molecule has 3 heteroatoms. The molecule has 14 heavy (non-hydrogen) atoms. The minimum absolute atomic E-state index is 0.739. The molecule has 2 aliphatic rings. The number of imidazole rings is 1. The summed E-state index contributed by atoms with van der Waals surface area (Å²) in [6.45, 7) is 4.53. The largest absolute Gasteiger partial charge is 0.355 e. The highest BCUT2D eigenvalue weighted by Crippen LogP contribution is 2.27. The van der Waals surface area contributed by atoms with Crippen molar-refractivity contribution in [3.63, 3.8) is 0 Å². The van der Waals surface area contributed by atoms with Gasteiger partial charge in [0, 0.05) is 18.8 Å². The zero-order chi connectivity index (χ0) is 9.54. The summed E-state index contributed by atoms with van der Waals surface area (Å²) >= 11 is 0. The summed E-state index contributed by atoms with van der Waals surface area (Å²) in [5.41, 5.74) is 2.86. The van der Waals surface area contributed by atoms with Crippen molar-refractivity contribution in [2.75, 3.05) is 11.9 Å². The van der Waals surface area contributed by atoms with Gasteiger partial charge < -0.3 is 9.88 Å². The molecule has 0 spiro atoms. The number of aromatic nitrogens is 2. The fourth-order valence-electron chi connectivity index (χ4n) is 2.57. The molecule has 1 N–H and O–H groups in total. The standard InChI is InChI=1S/C11H17N3/c1-8-6-12-11-13-9-4-2-3-5-10(9)14(11)7-8/h8H,2-7H2,1H3,(H,12,13). The molecule has 1 aliphatic heterocycles. The van der Waals surface area contributed by atoms with Crippen molar-refractivity contribution in [1.82, 2.24) is 9.55 Å². The van der Waals surface area contributed by atoms with Gasteiger partial charge in [0.2, 0.25) is 5.95 Å². The van der Waals surface area contributed by atoms with Crippen molar-refractivity contribution in [3.8, 4) is 0 Å². The number of hydrogen-bond donors (Lipinski definition) is 1. The summed E-state index contributed by atoms with van der Waals surface area (Å²) in [5.74, 6) is 1.86. The van der Waals surface area contributed by atoms with Crippen molar-refractivity contribution in [2.24, 2.45) is 5.92 Å². The molecule has 0 saturated heterocycles. The maximum Gasteiger partial charge on any atom is 0.203 e. The lowest BCUT2D eigenvalue weighted by molar-refractivity contribution is 0.461. The molecule has 0 amide bonds. The summed E-state index contributed by atoms with van der Waals surface area (Å²) in [4.78, 5) is 4.68. The smallest absolute Gasteiger partial charge is 0.203 e. The van der Waals surface area contributed by atoms with Crippen LogP contribution in [0.25, 0.3) is 0 Å². The highest BCUT2D eigenvalue weighted by molar-refractivity contribution is 5.37. The van der Waals surface area contributed by atoms with Crippen LogP contribution in [0.2, 0.25) is 0 Å². The molecule has 76 valence electrons. The Balaban J connectivity index is 2.05. The Bertz CT molecular complexity index is 354. The second-order valence-electron chi connectivity index (χ2n) is 4.63. The number of hydrogen-bond acceptors (Lipinski definition) is 2. The molecule has 1 atom stereocenters. The van der Waals surface area contributed by atoms with E-state index in [0.717, 1.165) is 25.0 Å². The summed E-state index contributed by atoms with van der Waals surface area (Å²) in [7, 11) is 0. The molecule has 0 saturated carbocycles. The van der Waals surface area contributed by atoms with E-state index in [4.69, 9.17) is 0 Å². The third-order valence-corrected chi connectivity index (χ3v) is 3.34. The lowest BCUT2D eigenvalue weighted by atomic mass is 10.0. The number of rotatable bonds is 0. The first kappa shape index (κ1) is 8.33. The average Bonchev–Trinajstić information content (AvgIpc) is 2.56. The quantitative estimate of drug-likeness (QED) is 0.678. The highest BCUT2D eigenvalue weighted by atomic mass is 15.2. The third-order valence-electron chi connectivity index (χ3n) is 3.34. The normalized spacial score (nSPS) is 25.1. The van der Waals surface area contributed by atoms with Gasteiger partial charge in [-0.25, -0.2) is 4.98 Å². The Labute approximate surface area is 84.5 Å². The summed E-state index contributed by atoms with van der Waals surface area (Å²) in [6, 6.07) is 0. The molecule has 3 nitrogen and oxygen atoms in total. The molecule has 1 aromatic heterocycles. The van der Waals surface area contributed by atoms with Gasteiger partial charge in [-0.15, -0.1) is 0 Å². The molecule has 1 aliphatic carbocycles. The Morgan fingerprint density at radius 2 is 2.21 bits per heavy atom. The van der Waals surface area contributed by atoms with Crippen molar-refractivity contribution < 1.29 is 0 Å². The first-order valence-electron chi connectivity index (χ1n) is 5.67. The maximum atomic E-state index is 4.68. The van der Waals surface area contributed by atoms with E-state index in [1.165, 1.54) is 37.1 Å². The molecule has 0 aromatic carbocycles. The van der Waals surface area contributed by atoms with Gasteiger partial charge in [-0.3, -0.25) is 0 Å². The van der Waals surface area contributed by atoms with E-state index in [-0.39, 0.29) is 0 Å². The minimum Gasteiger partial charge on any atom is -0.355 e. The third kappa shape index (κ3) is 1.15. The molecule has 1 unspecified atom stereocenters. The van der Waals surface area contributed by atoms with Crippen molar-refractivity contribution in [1.29, 1.82) is 0 Å². The van der Waals surface area contributed by atoms with Crippen LogP contribution >= 0.6 is 0 Å². The van der Waals surface area contributed by atoms with Crippen LogP contribution in [0.1, 0.15) is 31.2 Å². The Morgan fingerprint density at radius 3 is 3.14 bits per heavy atom. The molecule has 0 fully saturated rings. The zero-order valence-electron chi connectivity index (χ0n) is 8.71. The van der Waals surface area contributed by atoms with Gasteiger partial charge in [0.05, 0.1) is 5.69 Å². The lowest BCUT2D eigenvalue weighted by Crippen LogP contribution is -2.26. The topological polar surface area (TPSA) is 29.9 Å². The van der Waals surface area contributed by atoms with Crippen LogP contribution in [-0.4, -0.2) is 16.1 Å². The van der Waals surface area contributed by atoms with Crippen LogP contribution in [0, 0.1) is 5.92 Å². The van der Waals surface area contributed by atoms with Crippen LogP contribution in [0.15, 0.2) is 0 Å². The molecular formula is C11H17N3. The fraction of sp³-hybridized carbons (Fsp3) is 0.727. The van der Waals surface area contributed by atoms with E-state index >= 15 is 0 Å². The summed E-state index contributed by atoms with van der Waals surface area (Å²) < 4.78 is 2.41. The summed E-state index contributed by atoms with van der Waals surface area (Å²) in [6.07, 6.45) is 5.08. The predicted molar refractivity (Wildman–Crippen MR) is 56.5 cm³/mol. The number of nitrogens with one attached hydrogen (secondary N) is 1. The van der Waals surface area contributed by atoms with Gasteiger partial charge in [0.15, 0.2) is 0 Å². The Hall–Kier alpha value is -0.990. The van der Waals surface area contributed by atoms with Crippen molar-refractivity contribution >= 4 is 5.95 Å². The van der Waals surface area contributed by atoms with E-state index in [1.54, 1.807) is 0 Å². The van der Waals surface area contributed by atoms with Gasteiger partial charge in [-0.05, 0) is 31.6 Å². The number of anilines is 1.